The minimum Gasteiger partial charge on any atom is -0.354 e. The van der Waals surface area contributed by atoms with Crippen molar-refractivity contribution in [3.8, 4) is 0 Å². The lowest BCUT2D eigenvalue weighted by Crippen LogP contribution is -2.40. The summed E-state index contributed by atoms with van der Waals surface area (Å²) in [5.41, 5.74) is 0.323. The van der Waals surface area contributed by atoms with Crippen LogP contribution in [0.1, 0.15) is 48.9 Å². The molecule has 1 aliphatic carbocycles. The molecule has 7 heteroatoms. The van der Waals surface area contributed by atoms with E-state index in [9.17, 15) is 14.4 Å². The summed E-state index contributed by atoms with van der Waals surface area (Å²) in [6, 6.07) is 6.90. The van der Waals surface area contributed by atoms with Crippen molar-refractivity contribution in [3.05, 3.63) is 34.9 Å². The number of benzene rings is 1. The van der Waals surface area contributed by atoms with Gasteiger partial charge in [-0.05, 0) is 25.0 Å². The average Bonchev–Trinajstić information content (AvgIpc) is 2.61. The van der Waals surface area contributed by atoms with Gasteiger partial charge in [-0.1, -0.05) is 43.0 Å². The Bertz CT molecular complexity index is 615. The molecular weight excluding hydrogens is 342 g/mol. The fourth-order valence-corrected chi connectivity index (χ4v) is 3.05. The summed E-state index contributed by atoms with van der Waals surface area (Å²) in [6.07, 6.45) is 5.86. The van der Waals surface area contributed by atoms with Crippen molar-refractivity contribution in [2.45, 2.75) is 44.6 Å². The normalized spacial score (nSPS) is 14.6. The van der Waals surface area contributed by atoms with Crippen molar-refractivity contribution < 1.29 is 14.4 Å². The Morgan fingerprint density at radius 3 is 2.44 bits per heavy atom. The third-order valence-corrected chi connectivity index (χ3v) is 4.50. The highest BCUT2D eigenvalue weighted by Gasteiger charge is 2.15. The summed E-state index contributed by atoms with van der Waals surface area (Å²) in [5.74, 6) is -0.797. The molecule has 0 unspecified atom stereocenters. The summed E-state index contributed by atoms with van der Waals surface area (Å²) in [7, 11) is 0. The SMILES string of the molecule is O=C(CNC(=O)c1ccccc1Cl)NCCC(=O)NC1CCCCC1. The smallest absolute Gasteiger partial charge is 0.253 e. The average molecular weight is 366 g/mol. The van der Waals surface area contributed by atoms with Crippen LogP contribution in [0, 0.1) is 0 Å². The predicted molar refractivity (Wildman–Crippen MR) is 96.4 cm³/mol. The molecule has 25 heavy (non-hydrogen) atoms. The predicted octanol–water partition coefficient (Wildman–Crippen LogP) is 2.02. The molecule has 0 saturated heterocycles. The standard InChI is InChI=1S/C18H24ClN3O3/c19-15-9-5-4-8-14(15)18(25)21-12-17(24)20-11-10-16(23)22-13-6-2-1-3-7-13/h4-5,8-9,13H,1-3,6-7,10-12H2,(H,20,24)(H,21,25)(H,22,23). The van der Waals surface area contributed by atoms with Crippen LogP contribution < -0.4 is 16.0 Å². The first-order valence-corrected chi connectivity index (χ1v) is 9.03. The van der Waals surface area contributed by atoms with Crippen molar-refractivity contribution in [1.82, 2.24) is 16.0 Å². The molecule has 6 nitrogen and oxygen atoms in total. The maximum absolute atomic E-state index is 11.9. The minimum atomic E-state index is -0.407. The van der Waals surface area contributed by atoms with Crippen molar-refractivity contribution >= 4 is 29.3 Å². The summed E-state index contributed by atoms with van der Waals surface area (Å²) in [6.45, 7) is 0.0909. The lowest BCUT2D eigenvalue weighted by Gasteiger charge is -2.22. The molecule has 1 aromatic carbocycles. The van der Waals surface area contributed by atoms with Gasteiger partial charge in [0.1, 0.15) is 0 Å². The van der Waals surface area contributed by atoms with E-state index in [1.807, 2.05) is 0 Å². The molecule has 3 amide bonds. The van der Waals surface area contributed by atoms with E-state index in [-0.39, 0.29) is 37.4 Å². The lowest BCUT2D eigenvalue weighted by atomic mass is 9.95. The first-order valence-electron chi connectivity index (χ1n) is 8.65. The zero-order valence-electron chi connectivity index (χ0n) is 14.1. The molecule has 3 N–H and O–H groups in total. The largest absolute Gasteiger partial charge is 0.354 e. The second-order valence-corrected chi connectivity index (χ2v) is 6.57. The maximum atomic E-state index is 11.9. The molecule has 0 aliphatic heterocycles. The van der Waals surface area contributed by atoms with Crippen LogP contribution >= 0.6 is 11.6 Å². The quantitative estimate of drug-likeness (QED) is 0.690. The maximum Gasteiger partial charge on any atom is 0.253 e. The van der Waals surface area contributed by atoms with E-state index in [4.69, 9.17) is 11.6 Å². The van der Waals surface area contributed by atoms with E-state index in [1.54, 1.807) is 24.3 Å². The van der Waals surface area contributed by atoms with Crippen LogP contribution in [0.15, 0.2) is 24.3 Å². The van der Waals surface area contributed by atoms with Crippen LogP contribution in [0.25, 0.3) is 0 Å². The van der Waals surface area contributed by atoms with Crippen molar-refractivity contribution in [2.75, 3.05) is 13.1 Å². The molecule has 2 rings (SSSR count). The summed E-state index contributed by atoms with van der Waals surface area (Å²) in [4.78, 5) is 35.5. The van der Waals surface area contributed by atoms with E-state index in [0.29, 0.717) is 10.6 Å². The van der Waals surface area contributed by atoms with Gasteiger partial charge in [0.05, 0.1) is 17.1 Å². The number of hydrogen-bond donors (Lipinski definition) is 3. The number of carbonyl (C=O) groups is 3. The molecule has 0 aromatic heterocycles. The summed E-state index contributed by atoms with van der Waals surface area (Å²) in [5, 5.41) is 8.46. The summed E-state index contributed by atoms with van der Waals surface area (Å²) < 4.78 is 0. The van der Waals surface area contributed by atoms with Crippen molar-refractivity contribution in [1.29, 1.82) is 0 Å². The van der Waals surface area contributed by atoms with E-state index >= 15 is 0 Å². The third kappa shape index (κ3) is 6.74. The Hall–Kier alpha value is -2.08. The van der Waals surface area contributed by atoms with Crippen LogP contribution in [0.2, 0.25) is 5.02 Å². The number of rotatable bonds is 7. The van der Waals surface area contributed by atoms with E-state index in [0.717, 1.165) is 25.7 Å². The van der Waals surface area contributed by atoms with Gasteiger partial charge in [0.2, 0.25) is 11.8 Å². The second-order valence-electron chi connectivity index (χ2n) is 6.16. The topological polar surface area (TPSA) is 87.3 Å². The van der Waals surface area contributed by atoms with Gasteiger partial charge in [-0.15, -0.1) is 0 Å². The number of halogens is 1. The van der Waals surface area contributed by atoms with E-state index in [1.165, 1.54) is 6.42 Å². The fourth-order valence-electron chi connectivity index (χ4n) is 2.83. The lowest BCUT2D eigenvalue weighted by molar-refractivity contribution is -0.122. The Morgan fingerprint density at radius 1 is 1.00 bits per heavy atom. The van der Waals surface area contributed by atoms with Crippen LogP contribution in [0.3, 0.4) is 0 Å². The van der Waals surface area contributed by atoms with Crippen LogP contribution in [0.4, 0.5) is 0 Å². The minimum absolute atomic E-state index is 0.0488. The van der Waals surface area contributed by atoms with Crippen LogP contribution in [0.5, 0.6) is 0 Å². The number of nitrogens with one attached hydrogen (secondary N) is 3. The number of hydrogen-bond acceptors (Lipinski definition) is 3. The molecule has 0 bridgehead atoms. The Labute approximate surface area is 152 Å². The van der Waals surface area contributed by atoms with Crippen molar-refractivity contribution in [3.63, 3.8) is 0 Å². The van der Waals surface area contributed by atoms with Gasteiger partial charge in [-0.2, -0.15) is 0 Å². The van der Waals surface area contributed by atoms with Gasteiger partial charge >= 0.3 is 0 Å². The molecule has 1 aromatic rings. The monoisotopic (exact) mass is 365 g/mol. The van der Waals surface area contributed by atoms with E-state index in [2.05, 4.69) is 16.0 Å². The first kappa shape index (κ1) is 19.2. The van der Waals surface area contributed by atoms with Gasteiger partial charge in [-0.3, -0.25) is 14.4 Å². The zero-order valence-corrected chi connectivity index (χ0v) is 14.9. The molecule has 0 atom stereocenters. The Balaban J connectivity index is 1.61. The highest BCUT2D eigenvalue weighted by atomic mass is 35.5. The molecular formula is C18H24ClN3O3. The molecule has 1 saturated carbocycles. The zero-order chi connectivity index (χ0) is 18.1. The van der Waals surface area contributed by atoms with Gasteiger partial charge in [0.25, 0.3) is 5.91 Å². The van der Waals surface area contributed by atoms with Gasteiger partial charge in [-0.25, -0.2) is 0 Å². The number of amides is 3. The second kappa shape index (κ2) is 10.0. The van der Waals surface area contributed by atoms with Crippen molar-refractivity contribution in [2.24, 2.45) is 0 Å². The summed E-state index contributed by atoms with van der Waals surface area (Å²) >= 11 is 5.93. The Kier molecular flexibility index (Phi) is 7.73. The highest BCUT2D eigenvalue weighted by molar-refractivity contribution is 6.33. The highest BCUT2D eigenvalue weighted by Crippen LogP contribution is 2.17. The molecule has 1 fully saturated rings. The Morgan fingerprint density at radius 2 is 1.72 bits per heavy atom. The van der Waals surface area contributed by atoms with Gasteiger partial charge in [0.15, 0.2) is 0 Å². The fraction of sp³-hybridized carbons (Fsp3) is 0.500. The van der Waals surface area contributed by atoms with Gasteiger partial charge in [0, 0.05) is 19.0 Å². The molecule has 0 spiro atoms. The van der Waals surface area contributed by atoms with Gasteiger partial charge < -0.3 is 16.0 Å². The van der Waals surface area contributed by atoms with Crippen LogP contribution in [-0.2, 0) is 9.59 Å². The molecule has 0 radical (unpaired) electrons. The molecule has 136 valence electrons. The van der Waals surface area contributed by atoms with Crippen LogP contribution in [-0.4, -0.2) is 36.9 Å². The first-order chi connectivity index (χ1) is 12.1. The third-order valence-electron chi connectivity index (χ3n) is 4.17. The van der Waals surface area contributed by atoms with E-state index < -0.39 is 5.91 Å². The molecule has 1 aliphatic rings. The number of carbonyl (C=O) groups excluding carboxylic acids is 3. The molecule has 0 heterocycles.